The Morgan fingerprint density at radius 3 is 2.82 bits per heavy atom. The molecular formula is C13H12ClNOS. The van der Waals surface area contributed by atoms with Crippen molar-refractivity contribution in [1.82, 2.24) is 0 Å². The first-order valence-electron chi connectivity index (χ1n) is 5.71. The first-order chi connectivity index (χ1) is 8.18. The van der Waals surface area contributed by atoms with Crippen molar-refractivity contribution in [2.24, 2.45) is 0 Å². The topological polar surface area (TPSA) is 43.1 Å². The van der Waals surface area contributed by atoms with Crippen molar-refractivity contribution < 1.29 is 0 Å². The molecule has 0 radical (unpaired) electrons. The van der Waals surface area contributed by atoms with E-state index in [0.717, 1.165) is 29.3 Å². The van der Waals surface area contributed by atoms with Gasteiger partial charge in [-0.15, -0.1) is 11.3 Å². The molecule has 17 heavy (non-hydrogen) atoms. The van der Waals surface area contributed by atoms with Crippen molar-refractivity contribution in [2.75, 3.05) is 5.73 Å². The van der Waals surface area contributed by atoms with Gasteiger partial charge in [0, 0.05) is 10.1 Å². The Morgan fingerprint density at radius 2 is 2.00 bits per heavy atom. The fraction of sp³-hybridized carbons (Fsp3) is 0.308. The zero-order valence-electron chi connectivity index (χ0n) is 9.25. The Labute approximate surface area is 108 Å². The molecule has 1 aromatic heterocycles. The molecule has 0 aliphatic heterocycles. The van der Waals surface area contributed by atoms with Gasteiger partial charge in [0.05, 0.1) is 0 Å². The highest BCUT2D eigenvalue weighted by atomic mass is 35.5. The first-order valence-corrected chi connectivity index (χ1v) is 6.90. The van der Waals surface area contributed by atoms with Crippen molar-refractivity contribution in [3.8, 4) is 0 Å². The van der Waals surface area contributed by atoms with E-state index < -0.39 is 0 Å². The van der Waals surface area contributed by atoms with E-state index in [0.29, 0.717) is 4.34 Å². The molecule has 4 heteroatoms. The third-order valence-electron chi connectivity index (χ3n) is 3.38. The minimum Gasteiger partial charge on any atom is -0.394 e. The number of rotatable bonds is 0. The molecule has 0 atom stereocenters. The van der Waals surface area contributed by atoms with Crippen LogP contribution < -0.4 is 11.2 Å². The van der Waals surface area contributed by atoms with E-state index in [1.165, 1.54) is 28.9 Å². The van der Waals surface area contributed by atoms with Crippen LogP contribution in [-0.2, 0) is 12.8 Å². The number of anilines is 1. The fourth-order valence-electron chi connectivity index (χ4n) is 2.52. The van der Waals surface area contributed by atoms with Gasteiger partial charge in [-0.3, -0.25) is 4.79 Å². The second-order valence-electron chi connectivity index (χ2n) is 4.40. The zero-order valence-corrected chi connectivity index (χ0v) is 10.8. The van der Waals surface area contributed by atoms with Gasteiger partial charge >= 0.3 is 0 Å². The number of hydrogen-bond donors (Lipinski definition) is 1. The second-order valence-corrected chi connectivity index (χ2v) is 6.06. The third-order valence-corrected chi connectivity index (χ3v) is 4.77. The highest BCUT2D eigenvalue weighted by Gasteiger charge is 2.17. The van der Waals surface area contributed by atoms with Crippen LogP contribution in [0.3, 0.4) is 0 Å². The number of hydrogen-bond acceptors (Lipinski definition) is 3. The maximum atomic E-state index is 12.2. The number of halogens is 1. The summed E-state index contributed by atoms with van der Waals surface area (Å²) in [5.41, 5.74) is 8.34. The first kappa shape index (κ1) is 11.1. The lowest BCUT2D eigenvalue weighted by atomic mass is 9.89. The Hall–Kier alpha value is -1.06. The van der Waals surface area contributed by atoms with E-state index in [1.54, 1.807) is 0 Å². The summed E-state index contributed by atoms with van der Waals surface area (Å²) < 4.78 is 1.35. The van der Waals surface area contributed by atoms with Gasteiger partial charge in [-0.2, -0.15) is 0 Å². The highest BCUT2D eigenvalue weighted by molar-refractivity contribution is 7.22. The summed E-state index contributed by atoms with van der Waals surface area (Å²) in [6.45, 7) is 0. The van der Waals surface area contributed by atoms with E-state index in [-0.39, 0.29) is 11.1 Å². The van der Waals surface area contributed by atoms with E-state index in [2.05, 4.69) is 6.07 Å². The van der Waals surface area contributed by atoms with Crippen LogP contribution in [0.2, 0.25) is 4.34 Å². The van der Waals surface area contributed by atoms with Crippen LogP contribution in [0.1, 0.15) is 24.0 Å². The molecule has 3 rings (SSSR count). The molecule has 88 valence electrons. The third kappa shape index (κ3) is 1.65. The van der Waals surface area contributed by atoms with Gasteiger partial charge in [-0.05, 0) is 42.9 Å². The van der Waals surface area contributed by atoms with Gasteiger partial charge in [0.25, 0.3) is 0 Å². The van der Waals surface area contributed by atoms with Crippen LogP contribution in [0, 0.1) is 0 Å². The number of nitrogen functional groups attached to an aromatic ring is 1. The number of nitrogens with two attached hydrogens (primary N) is 1. The lowest BCUT2D eigenvalue weighted by Crippen LogP contribution is -2.13. The van der Waals surface area contributed by atoms with Crippen molar-refractivity contribution in [1.29, 1.82) is 0 Å². The average Bonchev–Trinajstić information content (AvgIpc) is 2.35. The van der Waals surface area contributed by atoms with Crippen LogP contribution >= 0.6 is 22.9 Å². The van der Waals surface area contributed by atoms with Crippen molar-refractivity contribution in [3.05, 3.63) is 37.8 Å². The monoisotopic (exact) mass is 265 g/mol. The number of fused-ring (bicyclic) bond motifs is 3. The molecular weight excluding hydrogens is 254 g/mol. The van der Waals surface area contributed by atoms with Gasteiger partial charge in [0.2, 0.25) is 5.43 Å². The van der Waals surface area contributed by atoms with Gasteiger partial charge in [-0.25, -0.2) is 0 Å². The average molecular weight is 266 g/mol. The van der Waals surface area contributed by atoms with Gasteiger partial charge in [0.15, 0.2) is 0 Å². The summed E-state index contributed by atoms with van der Waals surface area (Å²) >= 11 is 7.37. The minimum absolute atomic E-state index is 0.0949. The van der Waals surface area contributed by atoms with Crippen molar-refractivity contribution in [3.63, 3.8) is 0 Å². The van der Waals surface area contributed by atoms with E-state index in [1.807, 2.05) is 6.07 Å². The Balaban J connectivity index is 2.46. The molecule has 0 saturated carbocycles. The highest BCUT2D eigenvalue weighted by Crippen LogP contribution is 2.33. The lowest BCUT2D eigenvalue weighted by Gasteiger charge is -2.17. The normalized spacial score (nSPS) is 14.9. The molecule has 1 aliphatic carbocycles. The number of benzene rings is 1. The molecule has 0 spiro atoms. The predicted octanol–water partition coefficient (Wildman–Crippen LogP) is 3.38. The molecule has 1 aromatic carbocycles. The van der Waals surface area contributed by atoms with E-state index in [9.17, 15) is 4.79 Å². The van der Waals surface area contributed by atoms with Crippen LogP contribution in [0.25, 0.3) is 10.1 Å². The Morgan fingerprint density at radius 1 is 1.24 bits per heavy atom. The summed E-state index contributed by atoms with van der Waals surface area (Å²) in [4.78, 5) is 12.2. The summed E-state index contributed by atoms with van der Waals surface area (Å²) in [5.74, 6) is 0. The van der Waals surface area contributed by atoms with Crippen LogP contribution in [0.15, 0.2) is 16.9 Å². The standard InChI is InChI=1S/C13H12ClNOS/c14-13-11(15)12(16)10-8-4-2-1-3-7(8)5-6-9(10)17-13/h5-6H,1-4,15H2. The molecule has 2 N–H and O–H groups in total. The van der Waals surface area contributed by atoms with E-state index in [4.69, 9.17) is 17.3 Å². The Bertz CT molecular complexity index is 662. The summed E-state index contributed by atoms with van der Waals surface area (Å²) in [6.07, 6.45) is 4.41. The molecule has 1 heterocycles. The molecule has 0 amide bonds. The fourth-order valence-corrected chi connectivity index (χ4v) is 3.70. The predicted molar refractivity (Wildman–Crippen MR) is 74.2 cm³/mol. The minimum atomic E-state index is -0.0949. The number of aryl methyl sites for hydroxylation is 2. The maximum absolute atomic E-state index is 12.2. The SMILES string of the molecule is Nc1c(Cl)sc2ccc3c(c2c1=O)CCCC3. The van der Waals surface area contributed by atoms with Gasteiger partial charge in [-0.1, -0.05) is 17.7 Å². The smallest absolute Gasteiger partial charge is 0.212 e. The van der Waals surface area contributed by atoms with Gasteiger partial charge < -0.3 is 5.73 Å². The quantitative estimate of drug-likeness (QED) is 0.794. The molecule has 2 aromatic rings. The molecule has 0 fully saturated rings. The van der Waals surface area contributed by atoms with Crippen LogP contribution in [0.4, 0.5) is 5.69 Å². The van der Waals surface area contributed by atoms with Crippen molar-refractivity contribution in [2.45, 2.75) is 25.7 Å². The zero-order chi connectivity index (χ0) is 12.0. The van der Waals surface area contributed by atoms with Crippen LogP contribution in [-0.4, -0.2) is 0 Å². The molecule has 1 aliphatic rings. The summed E-state index contributed by atoms with van der Waals surface area (Å²) in [7, 11) is 0. The lowest BCUT2D eigenvalue weighted by molar-refractivity contribution is 0.690. The van der Waals surface area contributed by atoms with Gasteiger partial charge in [0.1, 0.15) is 10.0 Å². The molecule has 0 unspecified atom stereocenters. The Kier molecular flexibility index (Phi) is 2.60. The summed E-state index contributed by atoms with van der Waals surface area (Å²) in [5, 5.41) is 0.800. The molecule has 2 nitrogen and oxygen atoms in total. The molecule has 0 saturated heterocycles. The summed E-state index contributed by atoms with van der Waals surface area (Å²) in [6, 6.07) is 4.12. The van der Waals surface area contributed by atoms with E-state index >= 15 is 0 Å². The largest absolute Gasteiger partial charge is 0.394 e. The van der Waals surface area contributed by atoms with Crippen LogP contribution in [0.5, 0.6) is 0 Å². The maximum Gasteiger partial charge on any atom is 0.212 e. The molecule has 0 bridgehead atoms. The van der Waals surface area contributed by atoms with Crippen molar-refractivity contribution >= 4 is 38.7 Å². The second kappa shape index (κ2) is 4.00.